The van der Waals surface area contributed by atoms with Gasteiger partial charge in [0, 0.05) is 11.8 Å². The standard InChI is InChI=1S/C10H8ClF3N2O/c1-6-7(2-3-15)5-16-9(8(6)4-11)17-10(12,13)14/h5H,2,4H2,1H3. The maximum absolute atomic E-state index is 12.1. The highest BCUT2D eigenvalue weighted by Gasteiger charge is 2.33. The number of hydrogen-bond donors (Lipinski definition) is 0. The molecule has 0 aromatic carbocycles. The van der Waals surface area contributed by atoms with Gasteiger partial charge in [-0.2, -0.15) is 5.26 Å². The maximum atomic E-state index is 12.1. The molecule has 0 aliphatic carbocycles. The van der Waals surface area contributed by atoms with Gasteiger partial charge in [-0.25, -0.2) is 4.98 Å². The van der Waals surface area contributed by atoms with E-state index in [0.717, 1.165) is 0 Å². The van der Waals surface area contributed by atoms with Crippen LogP contribution in [0.25, 0.3) is 0 Å². The van der Waals surface area contributed by atoms with Gasteiger partial charge in [-0.15, -0.1) is 24.8 Å². The van der Waals surface area contributed by atoms with Crippen molar-refractivity contribution in [2.45, 2.75) is 25.6 Å². The Bertz CT molecular complexity index is 454. The van der Waals surface area contributed by atoms with E-state index in [-0.39, 0.29) is 17.9 Å². The molecule has 0 unspecified atom stereocenters. The second kappa shape index (κ2) is 5.23. The summed E-state index contributed by atoms with van der Waals surface area (Å²) in [5.74, 6) is -0.726. The van der Waals surface area contributed by atoms with Crippen LogP contribution < -0.4 is 4.74 Å². The first-order chi connectivity index (χ1) is 7.89. The first-order valence-electron chi connectivity index (χ1n) is 4.55. The third-order valence-corrected chi connectivity index (χ3v) is 2.41. The Balaban J connectivity index is 3.17. The fraction of sp³-hybridized carbons (Fsp3) is 0.400. The van der Waals surface area contributed by atoms with Gasteiger partial charge in [0.25, 0.3) is 0 Å². The molecule has 0 saturated carbocycles. The highest BCUT2D eigenvalue weighted by atomic mass is 35.5. The molecule has 0 aliphatic heterocycles. The van der Waals surface area contributed by atoms with Crippen molar-refractivity contribution in [3.8, 4) is 11.9 Å². The van der Waals surface area contributed by atoms with E-state index in [0.29, 0.717) is 11.1 Å². The number of alkyl halides is 4. The number of nitrogens with zero attached hydrogens (tertiary/aromatic N) is 2. The molecule has 0 atom stereocenters. The lowest BCUT2D eigenvalue weighted by Gasteiger charge is -2.14. The van der Waals surface area contributed by atoms with Gasteiger partial charge in [-0.05, 0) is 18.1 Å². The molecule has 0 amide bonds. The van der Waals surface area contributed by atoms with Gasteiger partial charge in [0.1, 0.15) is 0 Å². The zero-order valence-corrected chi connectivity index (χ0v) is 9.56. The highest BCUT2D eigenvalue weighted by Crippen LogP contribution is 2.29. The smallest absolute Gasteiger partial charge is 0.388 e. The Hall–Kier alpha value is -1.48. The van der Waals surface area contributed by atoms with E-state index in [9.17, 15) is 13.2 Å². The Morgan fingerprint density at radius 1 is 1.53 bits per heavy atom. The second-order valence-electron chi connectivity index (χ2n) is 3.21. The van der Waals surface area contributed by atoms with Crippen LogP contribution in [0, 0.1) is 18.3 Å². The molecule has 1 aromatic rings. The van der Waals surface area contributed by atoms with E-state index in [1.165, 1.54) is 6.20 Å². The predicted molar refractivity (Wildman–Crippen MR) is 54.5 cm³/mol. The van der Waals surface area contributed by atoms with Crippen LogP contribution in [0.15, 0.2) is 6.20 Å². The average Bonchev–Trinajstić information content (AvgIpc) is 2.21. The number of rotatable bonds is 3. The van der Waals surface area contributed by atoms with Crippen LogP contribution in [0.2, 0.25) is 0 Å². The monoisotopic (exact) mass is 264 g/mol. The average molecular weight is 265 g/mol. The number of ether oxygens (including phenoxy) is 1. The van der Waals surface area contributed by atoms with Crippen LogP contribution in [0.1, 0.15) is 16.7 Å². The lowest BCUT2D eigenvalue weighted by atomic mass is 10.0. The molecule has 7 heteroatoms. The van der Waals surface area contributed by atoms with Crippen LogP contribution in [-0.2, 0) is 12.3 Å². The van der Waals surface area contributed by atoms with E-state index >= 15 is 0 Å². The van der Waals surface area contributed by atoms with Crippen molar-refractivity contribution in [1.82, 2.24) is 4.98 Å². The Labute approximate surface area is 101 Å². The molecule has 0 radical (unpaired) electrons. The molecule has 0 saturated heterocycles. The normalized spacial score (nSPS) is 11.1. The van der Waals surface area contributed by atoms with Gasteiger partial charge >= 0.3 is 6.36 Å². The fourth-order valence-corrected chi connectivity index (χ4v) is 1.60. The van der Waals surface area contributed by atoms with Crippen molar-refractivity contribution in [2.24, 2.45) is 0 Å². The number of pyridine rings is 1. The highest BCUT2D eigenvalue weighted by molar-refractivity contribution is 6.17. The van der Waals surface area contributed by atoms with Gasteiger partial charge in [-0.3, -0.25) is 0 Å². The molecule has 1 rings (SSSR count). The SMILES string of the molecule is Cc1c(CC#N)cnc(OC(F)(F)F)c1CCl. The third kappa shape index (κ3) is 3.49. The largest absolute Gasteiger partial charge is 0.574 e. The summed E-state index contributed by atoms with van der Waals surface area (Å²) >= 11 is 5.57. The zero-order valence-electron chi connectivity index (χ0n) is 8.81. The molecule has 0 fully saturated rings. The molecule has 3 nitrogen and oxygen atoms in total. The molecule has 1 aromatic heterocycles. The molecule has 0 bridgehead atoms. The zero-order chi connectivity index (χ0) is 13.1. The van der Waals surface area contributed by atoms with Crippen LogP contribution in [0.3, 0.4) is 0 Å². The van der Waals surface area contributed by atoms with E-state index in [2.05, 4.69) is 9.72 Å². The molecule has 17 heavy (non-hydrogen) atoms. The summed E-state index contributed by atoms with van der Waals surface area (Å²) in [5.41, 5.74) is 1.19. The molecular formula is C10H8ClF3N2O. The van der Waals surface area contributed by atoms with Crippen molar-refractivity contribution in [2.75, 3.05) is 0 Å². The van der Waals surface area contributed by atoms with Gasteiger partial charge < -0.3 is 4.74 Å². The van der Waals surface area contributed by atoms with Gasteiger partial charge in [-0.1, -0.05) is 0 Å². The topological polar surface area (TPSA) is 45.9 Å². The van der Waals surface area contributed by atoms with E-state index in [4.69, 9.17) is 16.9 Å². The minimum atomic E-state index is -4.81. The lowest BCUT2D eigenvalue weighted by molar-refractivity contribution is -0.276. The molecule has 0 spiro atoms. The van der Waals surface area contributed by atoms with Gasteiger partial charge in [0.05, 0.1) is 18.4 Å². The molecule has 92 valence electrons. The summed E-state index contributed by atoms with van der Waals surface area (Å²) in [6.07, 6.45) is -3.55. The van der Waals surface area contributed by atoms with Crippen molar-refractivity contribution in [3.05, 3.63) is 22.9 Å². The van der Waals surface area contributed by atoms with E-state index in [1.54, 1.807) is 6.92 Å². The van der Waals surface area contributed by atoms with Gasteiger partial charge in [0.15, 0.2) is 0 Å². The van der Waals surface area contributed by atoms with Crippen molar-refractivity contribution >= 4 is 11.6 Å². The maximum Gasteiger partial charge on any atom is 0.574 e. The molecule has 1 heterocycles. The summed E-state index contributed by atoms with van der Waals surface area (Å²) in [6.45, 7) is 1.58. The second-order valence-corrected chi connectivity index (χ2v) is 3.48. The van der Waals surface area contributed by atoms with Crippen molar-refractivity contribution in [3.63, 3.8) is 0 Å². The molecule has 0 aliphatic rings. The predicted octanol–water partition coefficient (Wildman–Crippen LogP) is 3.09. The fourth-order valence-electron chi connectivity index (χ4n) is 1.28. The van der Waals surface area contributed by atoms with E-state index < -0.39 is 12.2 Å². The van der Waals surface area contributed by atoms with Crippen LogP contribution >= 0.6 is 11.6 Å². The van der Waals surface area contributed by atoms with Crippen molar-refractivity contribution < 1.29 is 17.9 Å². The minimum Gasteiger partial charge on any atom is -0.388 e. The first kappa shape index (κ1) is 13.6. The summed E-state index contributed by atoms with van der Waals surface area (Å²) in [6, 6.07) is 1.90. The Kier molecular flexibility index (Phi) is 4.18. The van der Waals surface area contributed by atoms with E-state index in [1.807, 2.05) is 6.07 Å². The van der Waals surface area contributed by atoms with Crippen molar-refractivity contribution in [1.29, 1.82) is 5.26 Å². The van der Waals surface area contributed by atoms with Crippen LogP contribution in [0.5, 0.6) is 5.88 Å². The minimum absolute atomic E-state index is 0.0645. The Morgan fingerprint density at radius 3 is 2.65 bits per heavy atom. The van der Waals surface area contributed by atoms with Crippen LogP contribution in [0.4, 0.5) is 13.2 Å². The first-order valence-corrected chi connectivity index (χ1v) is 5.08. The summed E-state index contributed by atoms with van der Waals surface area (Å²) in [7, 11) is 0. The molecule has 0 N–H and O–H groups in total. The number of halogens is 4. The quantitative estimate of drug-likeness (QED) is 0.788. The summed E-state index contributed by atoms with van der Waals surface area (Å²) in [5, 5.41) is 8.54. The van der Waals surface area contributed by atoms with Crippen LogP contribution in [-0.4, -0.2) is 11.3 Å². The Morgan fingerprint density at radius 2 is 2.18 bits per heavy atom. The third-order valence-electron chi connectivity index (χ3n) is 2.15. The summed E-state index contributed by atoms with van der Waals surface area (Å²) in [4.78, 5) is 3.54. The van der Waals surface area contributed by atoms with Gasteiger partial charge in [0.2, 0.25) is 5.88 Å². The molecular weight excluding hydrogens is 257 g/mol. The summed E-state index contributed by atoms with van der Waals surface area (Å²) < 4.78 is 40.0. The number of nitriles is 1. The number of hydrogen-bond acceptors (Lipinski definition) is 3. The lowest BCUT2D eigenvalue weighted by Crippen LogP contribution is -2.19. The number of aromatic nitrogens is 1.